The fourth-order valence-corrected chi connectivity index (χ4v) is 3.81. The van der Waals surface area contributed by atoms with E-state index in [1.54, 1.807) is 7.11 Å². The number of methoxy groups -OCH3 is 1. The van der Waals surface area contributed by atoms with Gasteiger partial charge in [-0.3, -0.25) is 4.79 Å². The molecule has 1 saturated heterocycles. The number of nitrogens with one attached hydrogen (secondary N) is 1. The van der Waals surface area contributed by atoms with Crippen molar-refractivity contribution in [3.63, 3.8) is 0 Å². The number of ether oxygens (including phenoxy) is 1. The van der Waals surface area contributed by atoms with Gasteiger partial charge in [0.15, 0.2) is 0 Å². The van der Waals surface area contributed by atoms with Crippen LogP contribution in [0.5, 0.6) is 0 Å². The average Bonchev–Trinajstić information content (AvgIpc) is 2.39. The number of hydrogen-bond donors (Lipinski definition) is 1. The van der Waals surface area contributed by atoms with Gasteiger partial charge in [-0.15, -0.1) is 0 Å². The third kappa shape index (κ3) is 5.08. The highest BCUT2D eigenvalue weighted by Gasteiger charge is 2.31. The Morgan fingerprint density at radius 3 is 2.84 bits per heavy atom. The third-order valence-electron chi connectivity index (χ3n) is 3.22. The van der Waals surface area contributed by atoms with Crippen molar-refractivity contribution in [2.75, 3.05) is 39.1 Å². The lowest BCUT2D eigenvalue weighted by Crippen LogP contribution is -2.46. The van der Waals surface area contributed by atoms with E-state index in [-0.39, 0.29) is 17.6 Å². The monoisotopic (exact) mass is 292 g/mol. The molecule has 19 heavy (non-hydrogen) atoms. The molecule has 0 radical (unpaired) electrons. The maximum Gasteiger partial charge on any atom is 0.224 e. The molecule has 0 aromatic carbocycles. The number of sulfonamides is 1. The molecule has 1 fully saturated rings. The van der Waals surface area contributed by atoms with Gasteiger partial charge in [-0.25, -0.2) is 12.7 Å². The summed E-state index contributed by atoms with van der Waals surface area (Å²) in [5.74, 6) is -0.156. The number of carbonyl (C=O) groups excluding carboxylic acids is 1. The molecule has 1 heterocycles. The maximum atomic E-state index is 12.0. The van der Waals surface area contributed by atoms with Crippen molar-refractivity contribution in [2.45, 2.75) is 26.2 Å². The van der Waals surface area contributed by atoms with Crippen molar-refractivity contribution in [3.05, 3.63) is 0 Å². The topological polar surface area (TPSA) is 75.7 Å². The van der Waals surface area contributed by atoms with Gasteiger partial charge in [0.1, 0.15) is 0 Å². The smallest absolute Gasteiger partial charge is 0.224 e. The van der Waals surface area contributed by atoms with Crippen molar-refractivity contribution in [1.29, 1.82) is 0 Å². The highest BCUT2D eigenvalue weighted by molar-refractivity contribution is 7.89. The Hall–Kier alpha value is -0.660. The molecule has 1 rings (SSSR count). The largest absolute Gasteiger partial charge is 0.383 e. The molecule has 1 aliphatic heterocycles. The Morgan fingerprint density at radius 2 is 2.21 bits per heavy atom. The normalized spacial score (nSPS) is 21.3. The molecule has 112 valence electrons. The molecule has 0 aliphatic carbocycles. The summed E-state index contributed by atoms with van der Waals surface area (Å²) in [6.45, 7) is 3.62. The van der Waals surface area contributed by atoms with Gasteiger partial charge in [0.2, 0.25) is 15.9 Å². The fourth-order valence-electron chi connectivity index (χ4n) is 2.22. The van der Waals surface area contributed by atoms with E-state index in [9.17, 15) is 13.2 Å². The molecule has 0 spiro atoms. The van der Waals surface area contributed by atoms with Gasteiger partial charge >= 0.3 is 0 Å². The Balaban J connectivity index is 2.52. The van der Waals surface area contributed by atoms with Crippen LogP contribution in [-0.2, 0) is 19.6 Å². The molecule has 0 aromatic heterocycles. The summed E-state index contributed by atoms with van der Waals surface area (Å²) in [7, 11) is -1.62. The van der Waals surface area contributed by atoms with Gasteiger partial charge in [-0.1, -0.05) is 6.92 Å². The standard InChI is InChI=1S/C12H24N2O4S/c1-3-9-19(16,17)14-7-4-5-11(10-14)12(15)13-6-8-18-2/h11H,3-10H2,1-2H3,(H,13,15)/t11-/m1/s1. The molecule has 1 N–H and O–H groups in total. The van der Waals surface area contributed by atoms with Crippen LogP contribution >= 0.6 is 0 Å². The van der Waals surface area contributed by atoms with Crippen molar-refractivity contribution < 1.29 is 17.9 Å². The predicted molar refractivity (Wildman–Crippen MR) is 73.3 cm³/mol. The van der Waals surface area contributed by atoms with Gasteiger partial charge in [-0.05, 0) is 19.3 Å². The maximum absolute atomic E-state index is 12.0. The summed E-state index contributed by atoms with van der Waals surface area (Å²) >= 11 is 0. The number of nitrogens with zero attached hydrogens (tertiary/aromatic N) is 1. The van der Waals surface area contributed by atoms with Crippen LogP contribution in [0.2, 0.25) is 0 Å². The Bertz CT molecular complexity index is 383. The van der Waals surface area contributed by atoms with Crippen LogP contribution in [0, 0.1) is 5.92 Å². The minimum absolute atomic E-state index is 0.0755. The lowest BCUT2D eigenvalue weighted by Gasteiger charge is -2.31. The van der Waals surface area contributed by atoms with Crippen LogP contribution in [0.25, 0.3) is 0 Å². The number of piperidine rings is 1. The van der Waals surface area contributed by atoms with Crippen LogP contribution < -0.4 is 5.32 Å². The molecule has 1 atom stereocenters. The molecular formula is C12H24N2O4S. The number of rotatable bonds is 7. The third-order valence-corrected chi connectivity index (χ3v) is 5.26. The van der Waals surface area contributed by atoms with Crippen molar-refractivity contribution in [3.8, 4) is 0 Å². The van der Waals surface area contributed by atoms with Gasteiger partial charge in [0.25, 0.3) is 0 Å². The molecular weight excluding hydrogens is 268 g/mol. The van der Waals surface area contributed by atoms with E-state index in [1.165, 1.54) is 4.31 Å². The van der Waals surface area contributed by atoms with Crippen LogP contribution in [-0.4, -0.2) is 57.7 Å². The Kier molecular flexibility index (Phi) is 6.74. The first-order valence-corrected chi connectivity index (χ1v) is 8.36. The van der Waals surface area contributed by atoms with Crippen molar-refractivity contribution in [2.24, 2.45) is 5.92 Å². The average molecular weight is 292 g/mol. The van der Waals surface area contributed by atoms with Gasteiger partial charge in [-0.2, -0.15) is 0 Å². The second-order valence-corrected chi connectivity index (χ2v) is 6.89. The predicted octanol–water partition coefficient (Wildman–Crippen LogP) is 0.201. The first kappa shape index (κ1) is 16.4. The summed E-state index contributed by atoms with van der Waals surface area (Å²) in [5, 5.41) is 2.77. The molecule has 1 amide bonds. The lowest BCUT2D eigenvalue weighted by atomic mass is 9.99. The van der Waals surface area contributed by atoms with E-state index in [1.807, 2.05) is 6.92 Å². The van der Waals surface area contributed by atoms with E-state index in [0.717, 1.165) is 12.8 Å². The summed E-state index contributed by atoms with van der Waals surface area (Å²) in [6.07, 6.45) is 2.09. The molecule has 1 aliphatic rings. The minimum Gasteiger partial charge on any atom is -0.383 e. The summed E-state index contributed by atoms with van der Waals surface area (Å²) < 4.78 is 30.3. The molecule has 0 unspecified atom stereocenters. The van der Waals surface area contributed by atoms with Crippen LogP contribution in [0.1, 0.15) is 26.2 Å². The molecule has 7 heteroatoms. The number of carbonyl (C=O) groups is 1. The van der Waals surface area contributed by atoms with Crippen molar-refractivity contribution in [1.82, 2.24) is 9.62 Å². The highest BCUT2D eigenvalue weighted by atomic mass is 32.2. The van der Waals surface area contributed by atoms with E-state index in [2.05, 4.69) is 5.32 Å². The lowest BCUT2D eigenvalue weighted by molar-refractivity contribution is -0.126. The first-order chi connectivity index (χ1) is 9.01. The van der Waals surface area contributed by atoms with Gasteiger partial charge in [0.05, 0.1) is 18.3 Å². The summed E-state index contributed by atoms with van der Waals surface area (Å²) in [4.78, 5) is 11.9. The Morgan fingerprint density at radius 1 is 1.47 bits per heavy atom. The van der Waals surface area contributed by atoms with E-state index < -0.39 is 10.0 Å². The second kappa shape index (κ2) is 7.81. The van der Waals surface area contributed by atoms with Gasteiger partial charge < -0.3 is 10.1 Å². The summed E-state index contributed by atoms with van der Waals surface area (Å²) in [5.41, 5.74) is 0. The summed E-state index contributed by atoms with van der Waals surface area (Å²) in [6, 6.07) is 0. The van der Waals surface area contributed by atoms with Crippen LogP contribution in [0.3, 0.4) is 0 Å². The van der Waals surface area contributed by atoms with Crippen LogP contribution in [0.15, 0.2) is 0 Å². The zero-order valence-electron chi connectivity index (χ0n) is 11.7. The van der Waals surface area contributed by atoms with E-state index in [4.69, 9.17) is 4.74 Å². The first-order valence-electron chi connectivity index (χ1n) is 6.75. The van der Waals surface area contributed by atoms with E-state index in [0.29, 0.717) is 32.7 Å². The quantitative estimate of drug-likeness (QED) is 0.680. The second-order valence-electron chi connectivity index (χ2n) is 4.80. The number of hydrogen-bond acceptors (Lipinski definition) is 4. The zero-order valence-corrected chi connectivity index (χ0v) is 12.5. The zero-order chi connectivity index (χ0) is 14.3. The SMILES string of the molecule is CCCS(=O)(=O)N1CCC[C@@H](C(=O)NCCOC)C1. The molecule has 6 nitrogen and oxygen atoms in total. The molecule has 0 aromatic rings. The Labute approximate surface area is 115 Å². The molecule has 0 bridgehead atoms. The molecule has 0 saturated carbocycles. The number of amides is 1. The van der Waals surface area contributed by atoms with Crippen LogP contribution in [0.4, 0.5) is 0 Å². The van der Waals surface area contributed by atoms with Crippen molar-refractivity contribution >= 4 is 15.9 Å². The highest BCUT2D eigenvalue weighted by Crippen LogP contribution is 2.19. The van der Waals surface area contributed by atoms with Gasteiger partial charge in [0, 0.05) is 26.7 Å². The fraction of sp³-hybridized carbons (Fsp3) is 0.917. The minimum atomic E-state index is -3.20. The van der Waals surface area contributed by atoms with E-state index >= 15 is 0 Å².